The number of aromatic amines is 1. The average Bonchev–Trinajstić information content (AvgIpc) is 3.21. The van der Waals surface area contributed by atoms with E-state index < -0.39 is 0 Å². The summed E-state index contributed by atoms with van der Waals surface area (Å²) in [5, 5.41) is 18.6. The van der Waals surface area contributed by atoms with Gasteiger partial charge in [-0.05, 0) is 37.1 Å². The molecule has 7 nitrogen and oxygen atoms in total. The monoisotopic (exact) mass is 312 g/mol. The molecule has 0 radical (unpaired) electrons. The summed E-state index contributed by atoms with van der Waals surface area (Å²) in [5.74, 6) is 0.423. The van der Waals surface area contributed by atoms with Crippen LogP contribution in [0, 0.1) is 5.92 Å². The Labute approximate surface area is 134 Å². The molecule has 4 rings (SSSR count). The molecule has 2 N–H and O–H groups in total. The number of anilines is 1. The summed E-state index contributed by atoms with van der Waals surface area (Å²) in [6.45, 7) is 1.68. The Morgan fingerprint density at radius 3 is 3.09 bits per heavy atom. The number of ether oxygens (including phenoxy) is 1. The minimum Gasteiger partial charge on any atom is -0.385 e. The van der Waals surface area contributed by atoms with E-state index in [2.05, 4.69) is 25.8 Å². The molecule has 0 aliphatic carbocycles. The van der Waals surface area contributed by atoms with Gasteiger partial charge in [0.1, 0.15) is 17.1 Å². The second kappa shape index (κ2) is 6.00. The molecular formula is C16H20N6O. The van der Waals surface area contributed by atoms with Crippen LogP contribution in [0.15, 0.2) is 30.5 Å². The zero-order chi connectivity index (χ0) is 15.6. The van der Waals surface area contributed by atoms with Crippen LogP contribution in [-0.4, -0.2) is 38.3 Å². The molecule has 7 heteroatoms. The van der Waals surface area contributed by atoms with Crippen molar-refractivity contribution in [3.63, 3.8) is 0 Å². The van der Waals surface area contributed by atoms with E-state index in [9.17, 15) is 0 Å². The number of H-pyrrole nitrogens is 1. The lowest BCUT2D eigenvalue weighted by atomic mass is 9.92. The molecule has 0 unspecified atom stereocenters. The lowest BCUT2D eigenvalue weighted by Crippen LogP contribution is -2.29. The van der Waals surface area contributed by atoms with Gasteiger partial charge in [0, 0.05) is 38.0 Å². The van der Waals surface area contributed by atoms with Crippen LogP contribution in [0.4, 0.5) is 5.69 Å². The standard InChI is InChI=1S/C16H20N6O/c1-22-15(6-7-18-22)16-11(3-2-8-23-16)10-17-12-4-5-13-14(9-12)20-21-19-13/h4-7,9,11,16-17H,2-3,8,10H2,1H3,(H,19,20,21)/t11-,16+/m0/s1. The van der Waals surface area contributed by atoms with Crippen molar-refractivity contribution in [3.8, 4) is 0 Å². The largest absolute Gasteiger partial charge is 0.385 e. The molecule has 2 aromatic heterocycles. The van der Waals surface area contributed by atoms with E-state index in [1.54, 1.807) is 0 Å². The fourth-order valence-corrected chi connectivity index (χ4v) is 3.24. The van der Waals surface area contributed by atoms with Gasteiger partial charge in [0.2, 0.25) is 0 Å². The highest BCUT2D eigenvalue weighted by Gasteiger charge is 2.29. The number of hydrogen-bond acceptors (Lipinski definition) is 5. The van der Waals surface area contributed by atoms with Crippen LogP contribution in [0.2, 0.25) is 0 Å². The summed E-state index contributed by atoms with van der Waals surface area (Å²) in [5.41, 5.74) is 3.95. The maximum absolute atomic E-state index is 6.03. The van der Waals surface area contributed by atoms with Crippen LogP contribution in [-0.2, 0) is 11.8 Å². The fraction of sp³-hybridized carbons (Fsp3) is 0.438. The second-order valence-corrected chi connectivity index (χ2v) is 5.98. The smallest absolute Gasteiger partial charge is 0.115 e. The molecule has 3 aromatic rings. The van der Waals surface area contributed by atoms with Crippen molar-refractivity contribution in [2.24, 2.45) is 13.0 Å². The van der Waals surface area contributed by atoms with Crippen LogP contribution in [0.3, 0.4) is 0 Å². The van der Waals surface area contributed by atoms with E-state index in [-0.39, 0.29) is 6.10 Å². The molecule has 120 valence electrons. The number of aromatic nitrogens is 5. The minimum atomic E-state index is 0.0968. The van der Waals surface area contributed by atoms with E-state index in [0.29, 0.717) is 5.92 Å². The predicted octanol–water partition coefficient (Wildman–Crippen LogP) is 2.27. The van der Waals surface area contributed by atoms with Gasteiger partial charge < -0.3 is 10.1 Å². The predicted molar refractivity (Wildman–Crippen MR) is 87.0 cm³/mol. The zero-order valence-corrected chi connectivity index (χ0v) is 13.1. The molecule has 1 aliphatic rings. The third-order valence-corrected chi connectivity index (χ3v) is 4.48. The summed E-state index contributed by atoms with van der Waals surface area (Å²) in [6, 6.07) is 8.07. The first kappa shape index (κ1) is 14.2. The van der Waals surface area contributed by atoms with E-state index in [1.165, 1.54) is 0 Å². The van der Waals surface area contributed by atoms with Gasteiger partial charge in [-0.2, -0.15) is 20.5 Å². The van der Waals surface area contributed by atoms with E-state index in [0.717, 1.165) is 48.4 Å². The third-order valence-electron chi connectivity index (χ3n) is 4.48. The molecule has 3 heterocycles. The van der Waals surface area contributed by atoms with Crippen LogP contribution in [0.25, 0.3) is 11.0 Å². The summed E-state index contributed by atoms with van der Waals surface area (Å²) < 4.78 is 7.94. The van der Waals surface area contributed by atoms with Crippen molar-refractivity contribution in [2.45, 2.75) is 18.9 Å². The maximum atomic E-state index is 6.03. The number of hydrogen-bond donors (Lipinski definition) is 2. The maximum Gasteiger partial charge on any atom is 0.115 e. The Hall–Kier alpha value is -2.41. The van der Waals surface area contributed by atoms with E-state index in [4.69, 9.17) is 4.74 Å². The topological polar surface area (TPSA) is 80.6 Å². The summed E-state index contributed by atoms with van der Waals surface area (Å²) in [7, 11) is 1.97. The molecule has 1 fully saturated rings. The van der Waals surface area contributed by atoms with Crippen molar-refractivity contribution in [2.75, 3.05) is 18.5 Å². The molecule has 1 aliphatic heterocycles. The SMILES string of the molecule is Cn1nccc1[C@@H]1OCCC[C@H]1CNc1ccc2n[nH]nc2c1. The zero-order valence-electron chi connectivity index (χ0n) is 13.1. The van der Waals surface area contributed by atoms with Crippen LogP contribution in [0.5, 0.6) is 0 Å². The highest BCUT2D eigenvalue weighted by atomic mass is 16.5. The minimum absolute atomic E-state index is 0.0968. The van der Waals surface area contributed by atoms with Gasteiger partial charge in [-0.3, -0.25) is 4.68 Å². The average molecular weight is 312 g/mol. The lowest BCUT2D eigenvalue weighted by molar-refractivity contribution is -0.0284. The Balaban J connectivity index is 1.48. The van der Waals surface area contributed by atoms with Gasteiger partial charge in [0.15, 0.2) is 0 Å². The Morgan fingerprint density at radius 1 is 1.30 bits per heavy atom. The number of aryl methyl sites for hydroxylation is 1. The summed E-state index contributed by atoms with van der Waals surface area (Å²) >= 11 is 0. The molecule has 23 heavy (non-hydrogen) atoms. The van der Waals surface area contributed by atoms with Crippen molar-refractivity contribution in [3.05, 3.63) is 36.2 Å². The van der Waals surface area contributed by atoms with Gasteiger partial charge in [-0.1, -0.05) is 0 Å². The summed E-state index contributed by atoms with van der Waals surface area (Å²) in [6.07, 6.45) is 4.17. The first-order chi connectivity index (χ1) is 11.3. The quantitative estimate of drug-likeness (QED) is 0.772. The fourth-order valence-electron chi connectivity index (χ4n) is 3.24. The number of benzene rings is 1. The molecule has 0 bridgehead atoms. The molecule has 0 saturated carbocycles. The molecular weight excluding hydrogens is 292 g/mol. The summed E-state index contributed by atoms with van der Waals surface area (Å²) in [4.78, 5) is 0. The highest BCUT2D eigenvalue weighted by molar-refractivity contribution is 5.77. The van der Waals surface area contributed by atoms with Gasteiger partial charge >= 0.3 is 0 Å². The van der Waals surface area contributed by atoms with Crippen molar-refractivity contribution in [1.82, 2.24) is 25.2 Å². The first-order valence-electron chi connectivity index (χ1n) is 7.95. The Bertz CT molecular complexity index is 795. The molecule has 1 saturated heterocycles. The number of nitrogens with zero attached hydrogens (tertiary/aromatic N) is 4. The first-order valence-corrected chi connectivity index (χ1v) is 7.95. The van der Waals surface area contributed by atoms with Gasteiger partial charge in [-0.15, -0.1) is 0 Å². The number of nitrogens with one attached hydrogen (secondary N) is 2. The van der Waals surface area contributed by atoms with Crippen molar-refractivity contribution < 1.29 is 4.74 Å². The number of fused-ring (bicyclic) bond motifs is 1. The normalized spacial score (nSPS) is 21.6. The molecule has 1 aromatic carbocycles. The van der Waals surface area contributed by atoms with Gasteiger partial charge in [0.25, 0.3) is 0 Å². The van der Waals surface area contributed by atoms with Crippen LogP contribution in [0.1, 0.15) is 24.6 Å². The lowest BCUT2D eigenvalue weighted by Gasteiger charge is -2.32. The van der Waals surface area contributed by atoms with Gasteiger partial charge in [0.05, 0.1) is 5.69 Å². The third kappa shape index (κ3) is 2.79. The molecule has 0 spiro atoms. The van der Waals surface area contributed by atoms with Gasteiger partial charge in [-0.25, -0.2) is 0 Å². The van der Waals surface area contributed by atoms with Crippen molar-refractivity contribution >= 4 is 16.7 Å². The highest BCUT2D eigenvalue weighted by Crippen LogP contribution is 2.33. The van der Waals surface area contributed by atoms with Crippen LogP contribution >= 0.6 is 0 Å². The molecule has 0 amide bonds. The Morgan fingerprint density at radius 2 is 2.22 bits per heavy atom. The Kier molecular flexibility index (Phi) is 3.70. The molecule has 2 atom stereocenters. The second-order valence-electron chi connectivity index (χ2n) is 5.98. The van der Waals surface area contributed by atoms with Crippen LogP contribution < -0.4 is 5.32 Å². The van der Waals surface area contributed by atoms with E-state index in [1.807, 2.05) is 42.2 Å². The number of rotatable bonds is 4. The van der Waals surface area contributed by atoms with Crippen molar-refractivity contribution in [1.29, 1.82) is 0 Å². The van der Waals surface area contributed by atoms with E-state index >= 15 is 0 Å².